The molecule has 1 aliphatic rings. The molecule has 0 radical (unpaired) electrons. The van der Waals surface area contributed by atoms with E-state index in [0.717, 1.165) is 18.4 Å². The molecule has 0 N–H and O–H groups in total. The number of hydrogen-bond acceptors (Lipinski definition) is 5. The maximum Gasteiger partial charge on any atom is 0.246 e. The molecule has 0 bridgehead atoms. The van der Waals surface area contributed by atoms with Crippen LogP contribution in [-0.2, 0) is 11.3 Å². The van der Waals surface area contributed by atoms with Crippen LogP contribution in [0.4, 0.5) is 0 Å². The smallest absolute Gasteiger partial charge is 0.246 e. The first-order valence-electron chi connectivity index (χ1n) is 7.64. The summed E-state index contributed by atoms with van der Waals surface area (Å²) >= 11 is 0. The highest BCUT2D eigenvalue weighted by Crippen LogP contribution is 2.22. The van der Waals surface area contributed by atoms with Crippen molar-refractivity contribution in [3.63, 3.8) is 0 Å². The van der Waals surface area contributed by atoms with Gasteiger partial charge in [0.15, 0.2) is 0 Å². The number of amides is 1. The molecule has 3 rings (SSSR count). The molecule has 22 heavy (non-hydrogen) atoms. The third kappa shape index (κ3) is 2.98. The average Bonchev–Trinajstić information content (AvgIpc) is 2.96. The lowest BCUT2D eigenvalue weighted by molar-refractivity contribution is -0.138. The van der Waals surface area contributed by atoms with Gasteiger partial charge in [-0.2, -0.15) is 4.80 Å². The first-order valence-corrected chi connectivity index (χ1v) is 7.64. The van der Waals surface area contributed by atoms with Crippen molar-refractivity contribution < 1.29 is 4.79 Å². The van der Waals surface area contributed by atoms with Crippen LogP contribution >= 0.6 is 0 Å². The molecule has 116 valence electrons. The van der Waals surface area contributed by atoms with Crippen LogP contribution in [0.25, 0.3) is 11.4 Å². The molecule has 0 aromatic carbocycles. The lowest BCUT2D eigenvalue weighted by Gasteiger charge is -2.38. The number of pyridine rings is 1. The molecule has 0 spiro atoms. The second-order valence-electron chi connectivity index (χ2n) is 5.81. The Balaban J connectivity index is 1.71. The van der Waals surface area contributed by atoms with E-state index in [1.807, 2.05) is 17.0 Å². The van der Waals surface area contributed by atoms with E-state index in [2.05, 4.69) is 34.2 Å². The minimum absolute atomic E-state index is 0.0541. The number of rotatable bonds is 3. The van der Waals surface area contributed by atoms with Crippen molar-refractivity contribution in [2.24, 2.45) is 0 Å². The van der Waals surface area contributed by atoms with Crippen molar-refractivity contribution in [1.29, 1.82) is 0 Å². The highest BCUT2D eigenvalue weighted by atomic mass is 16.2. The van der Waals surface area contributed by atoms with Gasteiger partial charge >= 0.3 is 0 Å². The number of carbonyl (C=O) groups excluding carboxylic acids is 1. The molecule has 1 aliphatic heterocycles. The summed E-state index contributed by atoms with van der Waals surface area (Å²) < 4.78 is 0. The Morgan fingerprint density at radius 2 is 1.91 bits per heavy atom. The van der Waals surface area contributed by atoms with E-state index in [1.165, 1.54) is 11.2 Å². The van der Waals surface area contributed by atoms with E-state index in [0.29, 0.717) is 5.82 Å². The van der Waals surface area contributed by atoms with Gasteiger partial charge in [0, 0.05) is 30.0 Å². The van der Waals surface area contributed by atoms with Crippen LogP contribution in [0.2, 0.25) is 0 Å². The fourth-order valence-corrected chi connectivity index (χ4v) is 3.04. The first kappa shape index (κ1) is 14.6. The van der Waals surface area contributed by atoms with Crippen LogP contribution in [0.5, 0.6) is 0 Å². The number of piperidine rings is 1. The molecule has 2 unspecified atom stereocenters. The lowest BCUT2D eigenvalue weighted by Crippen LogP contribution is -2.48. The molecule has 0 aliphatic carbocycles. The third-order valence-corrected chi connectivity index (χ3v) is 4.15. The summed E-state index contributed by atoms with van der Waals surface area (Å²) in [6, 6.07) is 4.19. The maximum absolute atomic E-state index is 12.5. The number of hydrogen-bond donors (Lipinski definition) is 0. The average molecular weight is 300 g/mol. The number of nitrogens with zero attached hydrogens (tertiary/aromatic N) is 6. The fraction of sp³-hybridized carbons (Fsp3) is 0.533. The van der Waals surface area contributed by atoms with Crippen molar-refractivity contribution in [1.82, 2.24) is 30.1 Å². The van der Waals surface area contributed by atoms with Gasteiger partial charge in [-0.15, -0.1) is 10.2 Å². The fourth-order valence-electron chi connectivity index (χ4n) is 3.04. The molecule has 3 heterocycles. The Bertz CT molecular complexity index is 630. The summed E-state index contributed by atoms with van der Waals surface area (Å²) in [6.45, 7) is 4.34. The lowest BCUT2D eigenvalue weighted by atomic mass is 9.97. The van der Waals surface area contributed by atoms with Gasteiger partial charge in [0.1, 0.15) is 6.54 Å². The molecular weight excluding hydrogens is 280 g/mol. The van der Waals surface area contributed by atoms with E-state index < -0.39 is 0 Å². The van der Waals surface area contributed by atoms with E-state index in [9.17, 15) is 4.79 Å². The standard InChI is InChI=1S/C15H20N6O/c1-11-4-3-5-12(2)21(11)14(22)10-20-18-15(17-19-20)13-6-8-16-9-7-13/h6-9,11-12H,3-5,10H2,1-2H3. The molecule has 2 aromatic heterocycles. The highest BCUT2D eigenvalue weighted by Gasteiger charge is 2.29. The Labute approximate surface area is 129 Å². The third-order valence-electron chi connectivity index (χ3n) is 4.15. The molecule has 2 atom stereocenters. The van der Waals surface area contributed by atoms with Gasteiger partial charge in [0.25, 0.3) is 0 Å². The molecule has 2 aromatic rings. The highest BCUT2D eigenvalue weighted by molar-refractivity contribution is 5.76. The van der Waals surface area contributed by atoms with Crippen LogP contribution in [0.3, 0.4) is 0 Å². The normalized spacial score (nSPS) is 21.8. The van der Waals surface area contributed by atoms with Gasteiger partial charge in [0.05, 0.1) is 0 Å². The molecule has 7 nitrogen and oxygen atoms in total. The van der Waals surface area contributed by atoms with Crippen LogP contribution in [0.15, 0.2) is 24.5 Å². The molecule has 1 fully saturated rings. The van der Waals surface area contributed by atoms with Gasteiger partial charge in [-0.1, -0.05) is 0 Å². The van der Waals surface area contributed by atoms with Gasteiger partial charge in [-0.25, -0.2) is 0 Å². The summed E-state index contributed by atoms with van der Waals surface area (Å²) in [5, 5.41) is 12.3. The Morgan fingerprint density at radius 3 is 2.59 bits per heavy atom. The first-order chi connectivity index (χ1) is 10.6. The zero-order valence-corrected chi connectivity index (χ0v) is 12.9. The molecule has 1 saturated heterocycles. The van der Waals surface area contributed by atoms with E-state index in [4.69, 9.17) is 0 Å². The minimum atomic E-state index is 0.0541. The number of likely N-dealkylation sites (tertiary alicyclic amines) is 1. The summed E-state index contributed by atoms with van der Waals surface area (Å²) in [5.74, 6) is 0.563. The molecule has 1 amide bonds. The predicted molar refractivity (Wildman–Crippen MR) is 80.7 cm³/mol. The Hall–Kier alpha value is -2.31. The second kappa shape index (κ2) is 6.21. The maximum atomic E-state index is 12.5. The van der Waals surface area contributed by atoms with Crippen LogP contribution in [0.1, 0.15) is 33.1 Å². The SMILES string of the molecule is CC1CCCC(C)N1C(=O)Cn1nnc(-c2ccncc2)n1. The molecular formula is C15H20N6O. The van der Waals surface area contributed by atoms with Crippen molar-refractivity contribution >= 4 is 5.91 Å². The minimum Gasteiger partial charge on any atom is -0.336 e. The molecule has 7 heteroatoms. The van der Waals surface area contributed by atoms with E-state index in [1.54, 1.807) is 12.4 Å². The van der Waals surface area contributed by atoms with Gasteiger partial charge in [0.2, 0.25) is 11.7 Å². The number of aromatic nitrogens is 5. The summed E-state index contributed by atoms with van der Waals surface area (Å²) in [7, 11) is 0. The number of tetrazole rings is 1. The summed E-state index contributed by atoms with van der Waals surface area (Å²) in [5.41, 5.74) is 0.841. The zero-order chi connectivity index (χ0) is 15.5. The Kier molecular flexibility index (Phi) is 4.13. The number of carbonyl (C=O) groups is 1. The van der Waals surface area contributed by atoms with Gasteiger partial charge in [-0.3, -0.25) is 9.78 Å². The largest absolute Gasteiger partial charge is 0.336 e. The van der Waals surface area contributed by atoms with Crippen molar-refractivity contribution in [3.05, 3.63) is 24.5 Å². The van der Waals surface area contributed by atoms with Gasteiger partial charge in [-0.05, 0) is 50.5 Å². The molecule has 0 saturated carbocycles. The van der Waals surface area contributed by atoms with Crippen molar-refractivity contribution in [3.8, 4) is 11.4 Å². The predicted octanol–water partition coefficient (Wildman–Crippen LogP) is 1.52. The Morgan fingerprint density at radius 1 is 1.23 bits per heavy atom. The van der Waals surface area contributed by atoms with Crippen molar-refractivity contribution in [2.75, 3.05) is 0 Å². The summed E-state index contributed by atoms with van der Waals surface area (Å²) in [4.78, 5) is 19.8. The quantitative estimate of drug-likeness (QED) is 0.859. The zero-order valence-electron chi connectivity index (χ0n) is 12.9. The monoisotopic (exact) mass is 300 g/mol. The van der Waals surface area contributed by atoms with E-state index in [-0.39, 0.29) is 24.5 Å². The van der Waals surface area contributed by atoms with E-state index >= 15 is 0 Å². The van der Waals surface area contributed by atoms with Gasteiger partial charge < -0.3 is 4.90 Å². The van der Waals surface area contributed by atoms with Crippen LogP contribution in [-0.4, -0.2) is 48.1 Å². The van der Waals surface area contributed by atoms with Crippen LogP contribution < -0.4 is 0 Å². The van der Waals surface area contributed by atoms with Crippen LogP contribution in [0, 0.1) is 0 Å². The second-order valence-corrected chi connectivity index (χ2v) is 5.81. The summed E-state index contributed by atoms with van der Waals surface area (Å²) in [6.07, 6.45) is 6.66. The van der Waals surface area contributed by atoms with Crippen molar-refractivity contribution in [2.45, 2.75) is 51.7 Å². The topological polar surface area (TPSA) is 76.8 Å².